The average molecular weight is 355 g/mol. The summed E-state index contributed by atoms with van der Waals surface area (Å²) in [6.07, 6.45) is 1.75. The van der Waals surface area contributed by atoms with Crippen molar-refractivity contribution in [3.8, 4) is 5.75 Å². The highest BCUT2D eigenvalue weighted by Gasteiger charge is 2.28. The number of carbonyl (C=O) groups excluding carboxylic acids is 1. The maximum Gasteiger partial charge on any atom is 0.254 e. The summed E-state index contributed by atoms with van der Waals surface area (Å²) in [7, 11) is -0.980. The molecule has 134 valence electrons. The second-order valence-electron chi connectivity index (χ2n) is 5.72. The number of hydrogen-bond acceptors (Lipinski definition) is 5. The van der Waals surface area contributed by atoms with Gasteiger partial charge in [-0.1, -0.05) is 6.92 Å². The molecule has 1 fully saturated rings. The van der Waals surface area contributed by atoms with Gasteiger partial charge in [-0.2, -0.15) is 0 Å². The molecule has 24 heavy (non-hydrogen) atoms. The number of hydrogen-bond donors (Lipinski definition) is 2. The van der Waals surface area contributed by atoms with Gasteiger partial charge in [-0.3, -0.25) is 4.79 Å². The van der Waals surface area contributed by atoms with Crippen molar-refractivity contribution in [2.75, 3.05) is 33.8 Å². The highest BCUT2D eigenvalue weighted by atomic mass is 32.2. The Morgan fingerprint density at radius 1 is 1.46 bits per heavy atom. The summed E-state index contributed by atoms with van der Waals surface area (Å²) < 4.78 is 31.7. The van der Waals surface area contributed by atoms with Gasteiger partial charge in [-0.15, -0.1) is 0 Å². The molecule has 1 unspecified atom stereocenters. The van der Waals surface area contributed by atoms with Crippen molar-refractivity contribution in [3.05, 3.63) is 23.8 Å². The van der Waals surface area contributed by atoms with Crippen LogP contribution in [-0.4, -0.2) is 59.1 Å². The van der Waals surface area contributed by atoms with Crippen molar-refractivity contribution in [3.63, 3.8) is 0 Å². The third kappa shape index (κ3) is 3.88. The molecule has 0 radical (unpaired) electrons. The lowest BCUT2D eigenvalue weighted by molar-refractivity contribution is 0.0692. The molecule has 0 aromatic heterocycles. The van der Waals surface area contributed by atoms with Gasteiger partial charge in [-0.05, 0) is 44.6 Å². The predicted octanol–water partition coefficient (Wildman–Crippen LogP) is 0.817. The molecule has 1 saturated heterocycles. The van der Waals surface area contributed by atoms with E-state index in [1.165, 1.54) is 26.3 Å². The largest absolute Gasteiger partial charge is 0.495 e. The standard InChI is InChI=1S/C16H25N3O4S/c1-4-9-19(13-7-8-18-11-13)16(20)12-5-6-14(23-3)15(10-12)24(21,22)17-2/h5-6,10,13,17-18H,4,7-9,11H2,1-3H3. The molecule has 7 nitrogen and oxygen atoms in total. The highest BCUT2D eigenvalue weighted by Crippen LogP contribution is 2.26. The predicted molar refractivity (Wildman–Crippen MR) is 91.8 cm³/mol. The molecular formula is C16H25N3O4S. The molecule has 2 N–H and O–H groups in total. The maximum absolute atomic E-state index is 12.9. The monoisotopic (exact) mass is 355 g/mol. The lowest BCUT2D eigenvalue weighted by atomic mass is 10.1. The number of amides is 1. The van der Waals surface area contributed by atoms with Gasteiger partial charge in [0.2, 0.25) is 10.0 Å². The molecule has 1 aliphatic rings. The van der Waals surface area contributed by atoms with E-state index in [0.29, 0.717) is 12.1 Å². The van der Waals surface area contributed by atoms with E-state index in [1.54, 1.807) is 6.07 Å². The number of ether oxygens (including phenoxy) is 1. The van der Waals surface area contributed by atoms with Crippen LogP contribution in [0.25, 0.3) is 0 Å². The van der Waals surface area contributed by atoms with E-state index in [-0.39, 0.29) is 22.6 Å². The van der Waals surface area contributed by atoms with Crippen LogP contribution in [0.5, 0.6) is 5.75 Å². The van der Waals surface area contributed by atoms with E-state index in [2.05, 4.69) is 10.0 Å². The first kappa shape index (κ1) is 18.7. The van der Waals surface area contributed by atoms with E-state index >= 15 is 0 Å². The summed E-state index contributed by atoms with van der Waals surface area (Å²) in [5.41, 5.74) is 0.352. The van der Waals surface area contributed by atoms with E-state index in [0.717, 1.165) is 25.9 Å². The molecule has 8 heteroatoms. The quantitative estimate of drug-likeness (QED) is 0.756. The number of nitrogens with one attached hydrogen (secondary N) is 2. The first-order valence-corrected chi connectivity index (χ1v) is 9.56. The van der Waals surface area contributed by atoms with Gasteiger partial charge in [-0.25, -0.2) is 13.1 Å². The molecule has 1 aromatic rings. The number of nitrogens with zero attached hydrogens (tertiary/aromatic N) is 1. The lowest BCUT2D eigenvalue weighted by Gasteiger charge is -2.28. The summed E-state index contributed by atoms with van der Waals surface area (Å²) in [6.45, 7) is 4.32. The molecule has 1 amide bonds. The van der Waals surface area contributed by atoms with E-state index < -0.39 is 10.0 Å². The Morgan fingerprint density at radius 2 is 2.21 bits per heavy atom. The van der Waals surface area contributed by atoms with Crippen molar-refractivity contribution in [1.29, 1.82) is 0 Å². The lowest BCUT2D eigenvalue weighted by Crippen LogP contribution is -2.42. The fourth-order valence-corrected chi connectivity index (χ4v) is 3.81. The maximum atomic E-state index is 12.9. The number of sulfonamides is 1. The van der Waals surface area contributed by atoms with E-state index in [4.69, 9.17) is 4.74 Å². The number of benzene rings is 1. The first-order chi connectivity index (χ1) is 11.4. The SMILES string of the molecule is CCCN(C(=O)c1ccc(OC)c(S(=O)(=O)NC)c1)C1CCNC1. The summed E-state index contributed by atoms with van der Waals surface area (Å²) in [5.74, 6) is 0.0613. The average Bonchev–Trinajstić information content (AvgIpc) is 3.12. The van der Waals surface area contributed by atoms with Crippen molar-refractivity contribution < 1.29 is 17.9 Å². The normalized spacial score (nSPS) is 17.7. The molecule has 0 spiro atoms. The van der Waals surface area contributed by atoms with Crippen molar-refractivity contribution in [2.24, 2.45) is 0 Å². The van der Waals surface area contributed by atoms with Gasteiger partial charge in [0.25, 0.3) is 5.91 Å². The van der Waals surface area contributed by atoms with Crippen molar-refractivity contribution in [2.45, 2.75) is 30.7 Å². The summed E-state index contributed by atoms with van der Waals surface area (Å²) in [4.78, 5) is 14.7. The Balaban J connectivity index is 2.39. The minimum atomic E-state index is -3.71. The molecule has 0 aliphatic carbocycles. The smallest absolute Gasteiger partial charge is 0.254 e. The molecule has 1 aromatic carbocycles. The van der Waals surface area contributed by atoms with Crippen LogP contribution in [-0.2, 0) is 10.0 Å². The summed E-state index contributed by atoms with van der Waals surface area (Å²) in [6, 6.07) is 4.66. The van der Waals surface area contributed by atoms with Crippen LogP contribution in [0.4, 0.5) is 0 Å². The second kappa shape index (κ2) is 7.96. The van der Waals surface area contributed by atoms with Gasteiger partial charge in [0.15, 0.2) is 0 Å². The second-order valence-corrected chi connectivity index (χ2v) is 7.57. The van der Waals surface area contributed by atoms with Crippen molar-refractivity contribution >= 4 is 15.9 Å². The highest BCUT2D eigenvalue weighted by molar-refractivity contribution is 7.89. The number of rotatable bonds is 7. The molecule has 1 atom stereocenters. The van der Waals surface area contributed by atoms with Gasteiger partial charge in [0.1, 0.15) is 10.6 Å². The molecule has 0 saturated carbocycles. The Kier molecular flexibility index (Phi) is 6.20. The van der Waals surface area contributed by atoms with Gasteiger partial charge < -0.3 is 15.0 Å². The Morgan fingerprint density at radius 3 is 2.75 bits per heavy atom. The van der Waals surface area contributed by atoms with Gasteiger partial charge in [0, 0.05) is 24.7 Å². The minimum Gasteiger partial charge on any atom is -0.495 e. The number of carbonyl (C=O) groups is 1. The topological polar surface area (TPSA) is 87.7 Å². The zero-order chi connectivity index (χ0) is 17.7. The first-order valence-electron chi connectivity index (χ1n) is 8.07. The van der Waals surface area contributed by atoms with E-state index in [1.807, 2.05) is 11.8 Å². The summed E-state index contributed by atoms with van der Waals surface area (Å²) >= 11 is 0. The Bertz CT molecular complexity index is 685. The summed E-state index contributed by atoms with van der Waals surface area (Å²) in [5, 5.41) is 3.26. The number of methoxy groups -OCH3 is 1. The zero-order valence-electron chi connectivity index (χ0n) is 14.3. The van der Waals surface area contributed by atoms with Gasteiger partial charge >= 0.3 is 0 Å². The van der Waals surface area contributed by atoms with Crippen molar-refractivity contribution in [1.82, 2.24) is 14.9 Å². The Labute approximate surface area is 143 Å². The molecule has 1 aliphatic heterocycles. The fourth-order valence-electron chi connectivity index (χ4n) is 2.89. The third-order valence-electron chi connectivity index (χ3n) is 4.17. The van der Waals surface area contributed by atoms with Gasteiger partial charge in [0.05, 0.1) is 7.11 Å². The van der Waals surface area contributed by atoms with E-state index in [9.17, 15) is 13.2 Å². The molecule has 2 rings (SSSR count). The van der Waals surface area contributed by atoms with Crippen LogP contribution in [0.3, 0.4) is 0 Å². The third-order valence-corrected chi connectivity index (χ3v) is 5.60. The van der Waals surface area contributed by atoms with Crippen LogP contribution < -0.4 is 14.8 Å². The molecule has 0 bridgehead atoms. The Hall–Kier alpha value is -1.64. The van der Waals surface area contributed by atoms with Crippen LogP contribution in [0.1, 0.15) is 30.1 Å². The van der Waals surface area contributed by atoms with Crippen LogP contribution in [0.2, 0.25) is 0 Å². The fraction of sp³-hybridized carbons (Fsp3) is 0.562. The molecule has 1 heterocycles. The van der Waals surface area contributed by atoms with Crippen LogP contribution in [0, 0.1) is 0 Å². The minimum absolute atomic E-state index is 0.0284. The molecular weight excluding hydrogens is 330 g/mol. The van der Waals surface area contributed by atoms with Crippen LogP contribution in [0.15, 0.2) is 23.1 Å². The van der Waals surface area contributed by atoms with Crippen LogP contribution >= 0.6 is 0 Å². The zero-order valence-corrected chi connectivity index (χ0v) is 15.1.